The van der Waals surface area contributed by atoms with Gasteiger partial charge in [-0.05, 0) is 18.6 Å². The van der Waals surface area contributed by atoms with Gasteiger partial charge in [0.15, 0.2) is 6.29 Å². The maximum atomic E-state index is 10.9. The highest BCUT2D eigenvalue weighted by atomic mass is 16.5. The largest absolute Gasteiger partial charge is 0.494 e. The molecular formula is C12H16N2O3. The van der Waals surface area contributed by atoms with E-state index in [2.05, 4.69) is 5.32 Å². The van der Waals surface area contributed by atoms with Crippen LogP contribution in [-0.4, -0.2) is 25.8 Å². The van der Waals surface area contributed by atoms with Crippen LogP contribution in [0.4, 0.5) is 5.69 Å². The number of carbonyl (C=O) groups is 2. The second-order valence-electron chi connectivity index (χ2n) is 3.53. The Morgan fingerprint density at radius 2 is 2.29 bits per heavy atom. The number of hydrogen-bond donors (Lipinski definition) is 2. The van der Waals surface area contributed by atoms with Crippen molar-refractivity contribution in [2.24, 2.45) is 0 Å². The van der Waals surface area contributed by atoms with E-state index in [0.29, 0.717) is 42.7 Å². The first-order valence-corrected chi connectivity index (χ1v) is 5.35. The van der Waals surface area contributed by atoms with Crippen molar-refractivity contribution in [2.45, 2.75) is 12.8 Å². The highest BCUT2D eigenvalue weighted by Crippen LogP contribution is 2.18. The molecule has 5 nitrogen and oxygen atoms in total. The van der Waals surface area contributed by atoms with Gasteiger partial charge in [-0.3, -0.25) is 9.59 Å². The first kappa shape index (κ1) is 13.0. The van der Waals surface area contributed by atoms with E-state index in [0.717, 1.165) is 0 Å². The van der Waals surface area contributed by atoms with Crippen molar-refractivity contribution in [3.63, 3.8) is 0 Å². The Kier molecular flexibility index (Phi) is 5.00. The van der Waals surface area contributed by atoms with Gasteiger partial charge in [0, 0.05) is 30.8 Å². The zero-order valence-electron chi connectivity index (χ0n) is 9.73. The van der Waals surface area contributed by atoms with Gasteiger partial charge in [0.25, 0.3) is 0 Å². The molecule has 0 radical (unpaired) electrons. The van der Waals surface area contributed by atoms with E-state index in [9.17, 15) is 9.59 Å². The Morgan fingerprint density at radius 1 is 1.53 bits per heavy atom. The smallest absolute Gasteiger partial charge is 0.219 e. The van der Waals surface area contributed by atoms with Crippen molar-refractivity contribution in [3.05, 3.63) is 23.8 Å². The van der Waals surface area contributed by atoms with Gasteiger partial charge >= 0.3 is 0 Å². The zero-order valence-corrected chi connectivity index (χ0v) is 9.73. The minimum absolute atomic E-state index is 0.00980. The van der Waals surface area contributed by atoms with Crippen LogP contribution in [0.1, 0.15) is 23.2 Å². The van der Waals surface area contributed by atoms with Gasteiger partial charge < -0.3 is 15.8 Å². The van der Waals surface area contributed by atoms with Crippen LogP contribution in [0.2, 0.25) is 0 Å². The molecule has 5 heteroatoms. The molecule has 0 aliphatic heterocycles. The number of hydrogen-bond acceptors (Lipinski definition) is 4. The van der Waals surface area contributed by atoms with Gasteiger partial charge in [0.1, 0.15) is 5.75 Å². The molecule has 0 aliphatic rings. The number of nitrogens with two attached hydrogens (primary N) is 1. The second-order valence-corrected chi connectivity index (χ2v) is 3.53. The summed E-state index contributed by atoms with van der Waals surface area (Å²) in [4.78, 5) is 21.5. The Labute approximate surface area is 99.9 Å². The van der Waals surface area contributed by atoms with Crippen LogP contribution in [0, 0.1) is 0 Å². The normalized spacial score (nSPS) is 9.71. The zero-order chi connectivity index (χ0) is 12.7. The fourth-order valence-corrected chi connectivity index (χ4v) is 1.30. The molecule has 0 fully saturated rings. The molecule has 0 atom stereocenters. The Bertz CT molecular complexity index is 405. The third-order valence-electron chi connectivity index (χ3n) is 2.28. The van der Waals surface area contributed by atoms with Crippen molar-refractivity contribution in [2.75, 3.05) is 19.4 Å². The summed E-state index contributed by atoms with van der Waals surface area (Å²) in [6.07, 6.45) is 1.76. The molecule has 0 aliphatic carbocycles. The van der Waals surface area contributed by atoms with E-state index in [1.807, 2.05) is 0 Å². The van der Waals surface area contributed by atoms with Crippen molar-refractivity contribution >= 4 is 17.9 Å². The van der Waals surface area contributed by atoms with Gasteiger partial charge in [-0.25, -0.2) is 0 Å². The lowest BCUT2D eigenvalue weighted by Gasteiger charge is -2.07. The summed E-state index contributed by atoms with van der Waals surface area (Å²) in [6.45, 7) is 0.438. The number of ether oxygens (including phenoxy) is 1. The number of rotatable bonds is 6. The van der Waals surface area contributed by atoms with Gasteiger partial charge in [-0.15, -0.1) is 0 Å². The van der Waals surface area contributed by atoms with Crippen LogP contribution in [0.5, 0.6) is 5.75 Å². The topological polar surface area (TPSA) is 81.4 Å². The van der Waals surface area contributed by atoms with E-state index in [1.54, 1.807) is 25.2 Å². The predicted octanol–water partition coefficient (Wildman–Crippen LogP) is 0.986. The summed E-state index contributed by atoms with van der Waals surface area (Å²) in [7, 11) is 1.60. The summed E-state index contributed by atoms with van der Waals surface area (Å²) in [5.74, 6) is 0.592. The number of benzene rings is 1. The van der Waals surface area contributed by atoms with Crippen LogP contribution in [-0.2, 0) is 4.79 Å². The predicted molar refractivity (Wildman–Crippen MR) is 65.0 cm³/mol. The minimum Gasteiger partial charge on any atom is -0.494 e. The molecule has 1 amide bonds. The van der Waals surface area contributed by atoms with E-state index < -0.39 is 0 Å². The Morgan fingerprint density at radius 3 is 2.88 bits per heavy atom. The SMILES string of the molecule is CNC(=O)CCCOc1ccc(C=O)c(N)c1. The minimum atomic E-state index is -0.00980. The summed E-state index contributed by atoms with van der Waals surface area (Å²) in [6, 6.07) is 4.89. The maximum absolute atomic E-state index is 10.9. The highest BCUT2D eigenvalue weighted by molar-refractivity contribution is 5.83. The van der Waals surface area contributed by atoms with E-state index in [4.69, 9.17) is 10.5 Å². The van der Waals surface area contributed by atoms with Gasteiger partial charge in [0.05, 0.1) is 6.61 Å². The number of nitrogen functional groups attached to an aromatic ring is 1. The number of amides is 1. The second kappa shape index (κ2) is 6.52. The van der Waals surface area contributed by atoms with Crippen molar-refractivity contribution < 1.29 is 14.3 Å². The number of carbonyl (C=O) groups excluding carboxylic acids is 2. The van der Waals surface area contributed by atoms with Crippen LogP contribution >= 0.6 is 0 Å². The van der Waals surface area contributed by atoms with Crippen molar-refractivity contribution in [1.82, 2.24) is 5.32 Å². The maximum Gasteiger partial charge on any atom is 0.219 e. The fourth-order valence-electron chi connectivity index (χ4n) is 1.30. The monoisotopic (exact) mass is 236 g/mol. The molecule has 0 bridgehead atoms. The van der Waals surface area contributed by atoms with Gasteiger partial charge in [-0.1, -0.05) is 0 Å². The summed E-state index contributed by atoms with van der Waals surface area (Å²) >= 11 is 0. The molecule has 0 spiro atoms. The first-order chi connectivity index (χ1) is 8.17. The molecule has 0 heterocycles. The van der Waals surface area contributed by atoms with Crippen LogP contribution in [0.25, 0.3) is 0 Å². The molecule has 1 aromatic carbocycles. The van der Waals surface area contributed by atoms with E-state index >= 15 is 0 Å². The third kappa shape index (κ3) is 4.14. The summed E-state index contributed by atoms with van der Waals surface area (Å²) in [5.41, 5.74) is 6.47. The van der Waals surface area contributed by atoms with Crippen LogP contribution in [0.3, 0.4) is 0 Å². The summed E-state index contributed by atoms with van der Waals surface area (Å²) in [5, 5.41) is 2.53. The van der Waals surface area contributed by atoms with Crippen LogP contribution < -0.4 is 15.8 Å². The average molecular weight is 236 g/mol. The fraction of sp³-hybridized carbons (Fsp3) is 0.333. The third-order valence-corrected chi connectivity index (χ3v) is 2.28. The van der Waals surface area contributed by atoms with Crippen molar-refractivity contribution in [3.8, 4) is 5.75 Å². The molecule has 3 N–H and O–H groups in total. The lowest BCUT2D eigenvalue weighted by Crippen LogP contribution is -2.18. The molecule has 0 saturated carbocycles. The quantitative estimate of drug-likeness (QED) is 0.438. The molecule has 92 valence electrons. The molecular weight excluding hydrogens is 220 g/mol. The molecule has 17 heavy (non-hydrogen) atoms. The number of aldehydes is 1. The van der Waals surface area contributed by atoms with Crippen LogP contribution in [0.15, 0.2) is 18.2 Å². The Balaban J connectivity index is 2.39. The summed E-state index contributed by atoms with van der Waals surface area (Å²) < 4.78 is 5.41. The standard InChI is InChI=1S/C12H16N2O3/c1-14-12(16)3-2-6-17-10-5-4-9(8-15)11(13)7-10/h4-5,7-8H,2-3,6,13H2,1H3,(H,14,16). The number of nitrogens with one attached hydrogen (secondary N) is 1. The van der Waals surface area contributed by atoms with Gasteiger partial charge in [-0.2, -0.15) is 0 Å². The molecule has 1 rings (SSSR count). The average Bonchev–Trinajstić information content (AvgIpc) is 2.34. The van der Waals surface area contributed by atoms with Gasteiger partial charge in [0.2, 0.25) is 5.91 Å². The van der Waals surface area contributed by atoms with E-state index in [-0.39, 0.29) is 5.91 Å². The molecule has 0 saturated heterocycles. The van der Waals surface area contributed by atoms with Crippen molar-refractivity contribution in [1.29, 1.82) is 0 Å². The molecule has 0 aromatic heterocycles. The number of anilines is 1. The molecule has 0 unspecified atom stereocenters. The highest BCUT2D eigenvalue weighted by Gasteiger charge is 2.01. The lowest BCUT2D eigenvalue weighted by atomic mass is 10.2. The molecule has 1 aromatic rings. The lowest BCUT2D eigenvalue weighted by molar-refractivity contribution is -0.120. The Hall–Kier alpha value is -2.04. The first-order valence-electron chi connectivity index (χ1n) is 5.35. The van der Waals surface area contributed by atoms with E-state index in [1.165, 1.54) is 0 Å².